The van der Waals surface area contributed by atoms with Crippen LogP contribution in [0.3, 0.4) is 0 Å². The molecule has 23 heavy (non-hydrogen) atoms. The van der Waals surface area contributed by atoms with Gasteiger partial charge in [0.25, 0.3) is 0 Å². The van der Waals surface area contributed by atoms with E-state index in [-0.39, 0.29) is 0 Å². The van der Waals surface area contributed by atoms with Crippen molar-refractivity contribution in [1.82, 2.24) is 25.0 Å². The summed E-state index contributed by atoms with van der Waals surface area (Å²) in [5, 5.41) is 7.83. The molecule has 0 radical (unpaired) electrons. The molecular weight excluding hydrogens is 286 g/mol. The second-order valence-corrected chi connectivity index (χ2v) is 6.06. The van der Waals surface area contributed by atoms with E-state index in [1.54, 1.807) is 12.7 Å². The van der Waals surface area contributed by atoms with Crippen LogP contribution >= 0.6 is 0 Å². The zero-order chi connectivity index (χ0) is 15.8. The van der Waals surface area contributed by atoms with E-state index in [1.807, 2.05) is 4.68 Å². The summed E-state index contributed by atoms with van der Waals surface area (Å²) in [6.07, 6.45) is 7.64. The third-order valence-electron chi connectivity index (χ3n) is 4.21. The normalized spacial score (nSPS) is 16.9. The standard InChI is InChI=1S/C18H19N5/c1-13-3-6-15(7-4-13)18-16(10-22-12-19-11-20-22)23-9-14(2)5-8-17(23)21-18/h3-8,11-12,21H,9-10H2,1-2H3. The van der Waals surface area contributed by atoms with Gasteiger partial charge in [-0.2, -0.15) is 5.10 Å². The van der Waals surface area contributed by atoms with Crippen LogP contribution in [0.5, 0.6) is 0 Å². The maximum atomic E-state index is 4.26. The summed E-state index contributed by atoms with van der Waals surface area (Å²) in [5.41, 5.74) is 6.17. The first-order valence-electron chi connectivity index (χ1n) is 7.75. The zero-order valence-electron chi connectivity index (χ0n) is 13.3. The molecule has 0 amide bonds. The molecule has 0 unspecified atom stereocenters. The summed E-state index contributed by atoms with van der Waals surface area (Å²) in [5.74, 6) is 1.13. The van der Waals surface area contributed by atoms with Crippen LogP contribution in [-0.2, 0) is 6.54 Å². The average molecular weight is 305 g/mol. The summed E-state index contributed by atoms with van der Waals surface area (Å²) < 4.78 is 1.86. The number of aryl methyl sites for hydroxylation is 1. The number of hydrogen-bond acceptors (Lipinski definition) is 4. The monoisotopic (exact) mass is 305 g/mol. The molecule has 0 bridgehead atoms. The lowest BCUT2D eigenvalue weighted by Crippen LogP contribution is -2.27. The Balaban J connectivity index is 1.77. The van der Waals surface area contributed by atoms with Crippen LogP contribution in [0.4, 0.5) is 0 Å². The summed E-state index contributed by atoms with van der Waals surface area (Å²) in [7, 11) is 0. The fraction of sp³-hybridized carbons (Fsp3) is 0.222. The number of aromatic nitrogens is 3. The summed E-state index contributed by atoms with van der Waals surface area (Å²) in [6, 6.07) is 8.62. The van der Waals surface area contributed by atoms with Crippen LogP contribution in [0, 0.1) is 6.92 Å². The van der Waals surface area contributed by atoms with Crippen molar-refractivity contribution in [2.75, 3.05) is 6.54 Å². The number of benzene rings is 1. The predicted molar refractivity (Wildman–Crippen MR) is 89.8 cm³/mol. The smallest absolute Gasteiger partial charge is 0.137 e. The minimum atomic E-state index is 0.695. The van der Waals surface area contributed by atoms with Crippen molar-refractivity contribution >= 4 is 5.70 Å². The van der Waals surface area contributed by atoms with Gasteiger partial charge >= 0.3 is 0 Å². The molecule has 4 rings (SSSR count). The Morgan fingerprint density at radius 3 is 2.70 bits per heavy atom. The number of nitrogens with one attached hydrogen (secondary N) is 1. The van der Waals surface area contributed by atoms with Gasteiger partial charge in [-0.1, -0.05) is 41.5 Å². The Morgan fingerprint density at radius 1 is 1.13 bits per heavy atom. The summed E-state index contributed by atoms with van der Waals surface area (Å²) >= 11 is 0. The van der Waals surface area contributed by atoms with Gasteiger partial charge in [-0.3, -0.25) is 0 Å². The highest BCUT2D eigenvalue weighted by atomic mass is 15.4. The van der Waals surface area contributed by atoms with E-state index in [4.69, 9.17) is 0 Å². The minimum Gasteiger partial charge on any atom is -0.340 e. The highest BCUT2D eigenvalue weighted by Gasteiger charge is 2.29. The van der Waals surface area contributed by atoms with E-state index in [0.29, 0.717) is 6.54 Å². The first-order chi connectivity index (χ1) is 11.2. The fourth-order valence-corrected chi connectivity index (χ4v) is 2.97. The molecule has 1 aromatic carbocycles. The maximum absolute atomic E-state index is 4.26. The molecule has 0 saturated heterocycles. The molecule has 5 nitrogen and oxygen atoms in total. The molecule has 3 heterocycles. The van der Waals surface area contributed by atoms with Crippen LogP contribution in [0.1, 0.15) is 18.1 Å². The second-order valence-electron chi connectivity index (χ2n) is 6.06. The number of fused-ring (bicyclic) bond motifs is 1. The molecule has 0 saturated carbocycles. The Hall–Kier alpha value is -2.82. The van der Waals surface area contributed by atoms with Gasteiger partial charge in [-0.05, 0) is 25.5 Å². The molecule has 2 aliphatic heterocycles. The van der Waals surface area contributed by atoms with E-state index in [9.17, 15) is 0 Å². The van der Waals surface area contributed by atoms with E-state index in [1.165, 1.54) is 22.4 Å². The molecule has 2 aliphatic rings. The second kappa shape index (κ2) is 5.43. The van der Waals surface area contributed by atoms with Crippen LogP contribution in [0.15, 0.2) is 66.2 Å². The van der Waals surface area contributed by atoms with E-state index in [2.05, 4.69) is 70.6 Å². The van der Waals surface area contributed by atoms with E-state index < -0.39 is 0 Å². The molecule has 2 aromatic rings. The van der Waals surface area contributed by atoms with Gasteiger partial charge < -0.3 is 10.2 Å². The van der Waals surface area contributed by atoms with Crippen molar-refractivity contribution in [2.24, 2.45) is 0 Å². The first-order valence-corrected chi connectivity index (χ1v) is 7.75. The molecule has 1 aromatic heterocycles. The van der Waals surface area contributed by atoms with Crippen molar-refractivity contribution in [3.63, 3.8) is 0 Å². The number of hydrogen-bond donors (Lipinski definition) is 1. The minimum absolute atomic E-state index is 0.695. The largest absolute Gasteiger partial charge is 0.340 e. The molecule has 5 heteroatoms. The van der Waals surface area contributed by atoms with Crippen LogP contribution in [0.25, 0.3) is 5.70 Å². The molecular formula is C18H19N5. The number of nitrogens with zero attached hydrogens (tertiary/aromatic N) is 4. The van der Waals surface area contributed by atoms with E-state index >= 15 is 0 Å². The van der Waals surface area contributed by atoms with Gasteiger partial charge in [-0.15, -0.1) is 0 Å². The van der Waals surface area contributed by atoms with Gasteiger partial charge in [0.15, 0.2) is 0 Å². The van der Waals surface area contributed by atoms with Gasteiger partial charge in [0.1, 0.15) is 18.5 Å². The lowest BCUT2D eigenvalue weighted by Gasteiger charge is -2.25. The molecule has 0 fully saturated rings. The highest BCUT2D eigenvalue weighted by molar-refractivity contribution is 5.72. The van der Waals surface area contributed by atoms with Crippen molar-refractivity contribution in [3.05, 3.63) is 77.3 Å². The van der Waals surface area contributed by atoms with Gasteiger partial charge in [-0.25, -0.2) is 9.67 Å². The first kappa shape index (κ1) is 13.8. The van der Waals surface area contributed by atoms with Crippen molar-refractivity contribution in [2.45, 2.75) is 20.4 Å². The Labute approximate surface area is 135 Å². The van der Waals surface area contributed by atoms with Crippen LogP contribution < -0.4 is 5.32 Å². The van der Waals surface area contributed by atoms with Crippen LogP contribution in [-0.4, -0.2) is 26.2 Å². The lowest BCUT2D eigenvalue weighted by molar-refractivity contribution is 0.427. The fourth-order valence-electron chi connectivity index (χ4n) is 2.97. The molecule has 0 aliphatic carbocycles. The molecule has 116 valence electrons. The Kier molecular flexibility index (Phi) is 3.26. The summed E-state index contributed by atoms with van der Waals surface area (Å²) in [6.45, 7) is 5.86. The van der Waals surface area contributed by atoms with E-state index in [0.717, 1.165) is 18.1 Å². The van der Waals surface area contributed by atoms with Crippen molar-refractivity contribution in [1.29, 1.82) is 0 Å². The maximum Gasteiger partial charge on any atom is 0.137 e. The van der Waals surface area contributed by atoms with Gasteiger partial charge in [0, 0.05) is 6.54 Å². The van der Waals surface area contributed by atoms with Gasteiger partial charge in [0.05, 0.1) is 17.9 Å². The Morgan fingerprint density at radius 2 is 1.96 bits per heavy atom. The number of rotatable bonds is 3. The lowest BCUT2D eigenvalue weighted by atomic mass is 10.1. The summed E-state index contributed by atoms with van der Waals surface area (Å²) in [4.78, 5) is 6.38. The van der Waals surface area contributed by atoms with Crippen molar-refractivity contribution < 1.29 is 0 Å². The highest BCUT2D eigenvalue weighted by Crippen LogP contribution is 2.33. The number of allylic oxidation sites excluding steroid dienone is 3. The average Bonchev–Trinajstić information content (AvgIpc) is 3.17. The molecule has 0 atom stereocenters. The predicted octanol–water partition coefficient (Wildman–Crippen LogP) is 2.66. The molecule has 0 spiro atoms. The Bertz CT molecular complexity index is 810. The SMILES string of the molecule is CC1=CC=C2NC(c3ccc(C)cc3)=C(Cn3cncn3)N2C1. The third-order valence-corrected chi connectivity index (χ3v) is 4.21. The molecule has 1 N–H and O–H groups in total. The van der Waals surface area contributed by atoms with Gasteiger partial charge in [0.2, 0.25) is 0 Å². The van der Waals surface area contributed by atoms with Crippen molar-refractivity contribution in [3.8, 4) is 0 Å². The zero-order valence-corrected chi connectivity index (χ0v) is 13.3. The third kappa shape index (κ3) is 2.54. The van der Waals surface area contributed by atoms with Crippen LogP contribution in [0.2, 0.25) is 0 Å². The quantitative estimate of drug-likeness (QED) is 0.947. The topological polar surface area (TPSA) is 46.0 Å².